The maximum absolute atomic E-state index is 12.5. The van der Waals surface area contributed by atoms with Crippen LogP contribution in [0.1, 0.15) is 5.69 Å². The molecule has 3 N–H and O–H groups in total. The van der Waals surface area contributed by atoms with Gasteiger partial charge in [-0.15, -0.1) is 22.9 Å². The van der Waals surface area contributed by atoms with Crippen LogP contribution in [0.3, 0.4) is 0 Å². The second-order valence-corrected chi connectivity index (χ2v) is 6.64. The molecule has 0 saturated carbocycles. The van der Waals surface area contributed by atoms with E-state index in [-0.39, 0.29) is 28.3 Å². The molecule has 0 aromatic carbocycles. The van der Waals surface area contributed by atoms with E-state index in [4.69, 9.17) is 11.6 Å². The number of nitrogens with one attached hydrogen (secondary N) is 3. The highest BCUT2D eigenvalue weighted by Gasteiger charge is 2.46. The van der Waals surface area contributed by atoms with E-state index in [1.807, 2.05) is 0 Å². The molecule has 2 unspecified atom stereocenters. The number of likely N-dealkylation sites (N-methyl/N-ethyl adjacent to an activating group) is 1. The highest BCUT2D eigenvalue weighted by molar-refractivity contribution is 7.14. The fraction of sp³-hybridized carbons (Fsp3) is 0.429. The van der Waals surface area contributed by atoms with Crippen molar-refractivity contribution in [2.24, 2.45) is 5.16 Å². The van der Waals surface area contributed by atoms with Crippen molar-refractivity contribution in [3.63, 3.8) is 0 Å². The van der Waals surface area contributed by atoms with Gasteiger partial charge >= 0.3 is 0 Å². The quantitative estimate of drug-likeness (QED) is 0.219. The summed E-state index contributed by atoms with van der Waals surface area (Å²) in [5.41, 5.74) is -0.0877. The molecule has 0 bridgehead atoms. The van der Waals surface area contributed by atoms with Crippen LogP contribution < -0.4 is 16.0 Å². The predicted octanol–water partition coefficient (Wildman–Crippen LogP) is -1.26. The Kier molecular flexibility index (Phi) is 6.69. The van der Waals surface area contributed by atoms with Crippen molar-refractivity contribution in [1.29, 1.82) is 0 Å². The smallest absolute Gasteiger partial charge is 0.276 e. The zero-order chi connectivity index (χ0) is 20.1. The van der Waals surface area contributed by atoms with Crippen molar-refractivity contribution in [1.82, 2.24) is 20.5 Å². The fourth-order valence-electron chi connectivity index (χ4n) is 2.11. The van der Waals surface area contributed by atoms with Gasteiger partial charge in [0.1, 0.15) is 30.8 Å². The van der Waals surface area contributed by atoms with Crippen molar-refractivity contribution in [3.05, 3.63) is 11.1 Å². The van der Waals surface area contributed by atoms with Gasteiger partial charge < -0.3 is 25.7 Å². The number of nitrogens with zero attached hydrogens (tertiary/aromatic N) is 3. The van der Waals surface area contributed by atoms with Crippen LogP contribution in [0.15, 0.2) is 10.5 Å². The molecule has 13 heteroatoms. The van der Waals surface area contributed by atoms with Gasteiger partial charge in [0.05, 0.1) is 0 Å². The summed E-state index contributed by atoms with van der Waals surface area (Å²) in [6.07, 6.45) is 0. The average Bonchev–Trinajstić information content (AvgIpc) is 3.08. The number of halogens is 1. The van der Waals surface area contributed by atoms with E-state index in [0.717, 1.165) is 11.3 Å². The molecule has 0 radical (unpaired) electrons. The molecule has 1 aromatic heterocycles. The molecule has 1 aliphatic rings. The lowest BCUT2D eigenvalue weighted by atomic mass is 9.97. The summed E-state index contributed by atoms with van der Waals surface area (Å²) in [6.45, 7) is 0. The number of β-lactam (4-membered cyclic amide) rings is 1. The lowest BCUT2D eigenvalue weighted by molar-refractivity contribution is -0.145. The average molecular weight is 417 g/mol. The third kappa shape index (κ3) is 4.71. The van der Waals surface area contributed by atoms with Crippen LogP contribution in [0.2, 0.25) is 0 Å². The molecule has 0 spiro atoms. The first-order valence-electron chi connectivity index (χ1n) is 7.53. The van der Waals surface area contributed by atoms with Crippen LogP contribution in [0.5, 0.6) is 0 Å². The number of thiazole rings is 1. The molecule has 1 fully saturated rings. The van der Waals surface area contributed by atoms with E-state index in [2.05, 4.69) is 30.9 Å². The lowest BCUT2D eigenvalue weighted by Crippen LogP contribution is -2.73. The molecule has 146 valence electrons. The number of aromatic nitrogens is 1. The Bertz CT molecular complexity index is 795. The summed E-state index contributed by atoms with van der Waals surface area (Å²) in [5, 5.41) is 12.6. The Labute approximate surface area is 163 Å². The van der Waals surface area contributed by atoms with Gasteiger partial charge in [-0.25, -0.2) is 4.98 Å². The second-order valence-electron chi connectivity index (χ2n) is 5.51. The third-order valence-electron chi connectivity index (χ3n) is 3.42. The van der Waals surface area contributed by atoms with Crippen LogP contribution >= 0.6 is 22.9 Å². The molecule has 1 aromatic rings. The maximum Gasteiger partial charge on any atom is 0.276 e. The lowest BCUT2D eigenvalue weighted by Gasteiger charge is -2.37. The predicted molar refractivity (Wildman–Crippen MR) is 97.6 cm³/mol. The van der Waals surface area contributed by atoms with E-state index in [9.17, 15) is 19.2 Å². The van der Waals surface area contributed by atoms with Gasteiger partial charge in [0.2, 0.25) is 17.7 Å². The van der Waals surface area contributed by atoms with Gasteiger partial charge in [-0.05, 0) is 0 Å². The Balaban J connectivity index is 2.14. The molecular weight excluding hydrogens is 400 g/mol. The fourth-order valence-corrected chi connectivity index (χ4v) is 2.89. The topological polar surface area (TPSA) is 142 Å². The van der Waals surface area contributed by atoms with Gasteiger partial charge in [0.25, 0.3) is 5.91 Å². The number of anilines is 1. The molecule has 1 saturated heterocycles. The normalized spacial score (nSPS) is 18.8. The van der Waals surface area contributed by atoms with Crippen molar-refractivity contribution in [2.75, 3.05) is 32.4 Å². The number of rotatable bonds is 7. The Morgan fingerprint density at radius 1 is 1.44 bits per heavy atom. The first-order valence-corrected chi connectivity index (χ1v) is 8.95. The van der Waals surface area contributed by atoms with Crippen LogP contribution in [0.4, 0.5) is 5.13 Å². The van der Waals surface area contributed by atoms with E-state index >= 15 is 0 Å². The highest BCUT2D eigenvalue weighted by Crippen LogP contribution is 2.17. The zero-order valence-corrected chi connectivity index (χ0v) is 16.2. The number of oxime groups is 1. The minimum atomic E-state index is -1.04. The third-order valence-corrected chi connectivity index (χ3v) is 4.42. The van der Waals surface area contributed by atoms with Crippen molar-refractivity contribution >= 4 is 57.4 Å². The number of hydrogen-bond acceptors (Lipinski definition) is 8. The number of alkyl halides is 1. The molecule has 4 amide bonds. The monoisotopic (exact) mass is 416 g/mol. The Hall–Kier alpha value is -2.73. The molecule has 2 rings (SSSR count). The number of carbonyl (C=O) groups excluding carboxylic acids is 4. The molecule has 0 aliphatic carbocycles. The summed E-state index contributed by atoms with van der Waals surface area (Å²) >= 11 is 6.47. The number of carbonyl (C=O) groups is 4. The molecular formula is C14H17ClN6O5S. The van der Waals surface area contributed by atoms with Crippen molar-refractivity contribution in [2.45, 2.75) is 12.1 Å². The van der Waals surface area contributed by atoms with Gasteiger partial charge in [-0.2, -0.15) is 0 Å². The highest BCUT2D eigenvalue weighted by atomic mass is 35.5. The largest absolute Gasteiger partial charge is 0.398 e. The minimum absolute atomic E-state index is 0.124. The van der Waals surface area contributed by atoms with Gasteiger partial charge in [0.15, 0.2) is 10.8 Å². The first kappa shape index (κ1) is 20.6. The van der Waals surface area contributed by atoms with E-state index in [1.54, 1.807) is 0 Å². The summed E-state index contributed by atoms with van der Waals surface area (Å²) < 4.78 is 0. The van der Waals surface area contributed by atoms with Crippen LogP contribution in [-0.4, -0.2) is 78.4 Å². The van der Waals surface area contributed by atoms with Crippen molar-refractivity contribution < 1.29 is 24.0 Å². The molecule has 2 heterocycles. The van der Waals surface area contributed by atoms with E-state index in [0.29, 0.717) is 0 Å². The Morgan fingerprint density at radius 2 is 2.15 bits per heavy atom. The second kappa shape index (κ2) is 8.77. The van der Waals surface area contributed by atoms with E-state index < -0.39 is 29.8 Å². The Morgan fingerprint density at radius 3 is 2.70 bits per heavy atom. The summed E-state index contributed by atoms with van der Waals surface area (Å²) in [6, 6.07) is -1.90. The van der Waals surface area contributed by atoms with Crippen LogP contribution in [0.25, 0.3) is 0 Å². The van der Waals surface area contributed by atoms with Gasteiger partial charge in [-0.3, -0.25) is 19.2 Å². The summed E-state index contributed by atoms with van der Waals surface area (Å²) in [4.78, 5) is 57.6. The van der Waals surface area contributed by atoms with Crippen LogP contribution in [0, 0.1) is 0 Å². The van der Waals surface area contributed by atoms with Gasteiger partial charge in [-0.1, -0.05) is 5.16 Å². The van der Waals surface area contributed by atoms with Crippen molar-refractivity contribution in [3.8, 4) is 0 Å². The van der Waals surface area contributed by atoms with Crippen LogP contribution in [-0.2, 0) is 24.0 Å². The molecule has 1 aliphatic heterocycles. The number of amides is 4. The summed E-state index contributed by atoms with van der Waals surface area (Å²) in [5.74, 6) is -2.30. The number of hydrogen-bond donors (Lipinski definition) is 3. The first-order chi connectivity index (χ1) is 12.8. The van der Waals surface area contributed by atoms with Gasteiger partial charge in [0, 0.05) is 19.5 Å². The molecule has 11 nitrogen and oxygen atoms in total. The SMILES string of the molecule is CON=C(C(=O)NC1C(=O)NC1C(=O)N(C)C)c1csc(NC(=O)CCl)n1. The molecule has 2 atom stereocenters. The van der Waals surface area contributed by atoms with E-state index in [1.165, 1.54) is 31.5 Å². The minimum Gasteiger partial charge on any atom is -0.398 e. The standard InChI is InChI=1S/C14H17ClN6O5S/c1-21(2)13(25)10-9(12(24)19-10)18-11(23)8(20-26-3)6-5-27-14(16-6)17-7(22)4-15/h5,9-10H,4H2,1-3H3,(H,18,23)(H,19,24)(H,16,17,22). The summed E-state index contributed by atoms with van der Waals surface area (Å²) in [7, 11) is 4.31. The maximum atomic E-state index is 12.5. The molecule has 27 heavy (non-hydrogen) atoms. The zero-order valence-electron chi connectivity index (χ0n) is 14.6.